The molecule has 2 aromatic carbocycles. The second-order valence-corrected chi connectivity index (χ2v) is 9.12. The fourth-order valence-electron chi connectivity index (χ4n) is 5.18. The third-order valence-corrected chi connectivity index (χ3v) is 6.59. The summed E-state index contributed by atoms with van der Waals surface area (Å²) in [5.41, 5.74) is 1.72. The van der Waals surface area contributed by atoms with E-state index < -0.39 is 24.2 Å². The van der Waals surface area contributed by atoms with Crippen LogP contribution >= 0.6 is 0 Å². The zero-order chi connectivity index (χ0) is 24.1. The maximum atomic E-state index is 16.2. The third-order valence-electron chi connectivity index (χ3n) is 6.59. The summed E-state index contributed by atoms with van der Waals surface area (Å²) < 4.78 is 44.4. The van der Waals surface area contributed by atoms with Crippen LogP contribution in [-0.4, -0.2) is 56.4 Å². The summed E-state index contributed by atoms with van der Waals surface area (Å²) in [6.07, 6.45) is -1.47. The van der Waals surface area contributed by atoms with Crippen molar-refractivity contribution in [2.75, 3.05) is 42.7 Å². The van der Waals surface area contributed by atoms with Gasteiger partial charge in [0.05, 0.1) is 36.5 Å². The van der Waals surface area contributed by atoms with Gasteiger partial charge in [0.1, 0.15) is 12.6 Å². The number of fused-ring (bicyclic) bond motifs is 1. The summed E-state index contributed by atoms with van der Waals surface area (Å²) in [6, 6.07) is 10.8. The summed E-state index contributed by atoms with van der Waals surface area (Å²) in [7, 11) is 0. The molecule has 3 aliphatic heterocycles. The molecule has 3 saturated heterocycles. The number of hydrogen-bond donors (Lipinski definition) is 0. The topological polar surface area (TPSA) is 86.5 Å². The number of cyclic esters (lactones) is 1. The summed E-state index contributed by atoms with van der Waals surface area (Å²) in [4.78, 5) is 16.1. The lowest BCUT2D eigenvalue weighted by Crippen LogP contribution is -2.46. The molecule has 10 heteroatoms. The van der Waals surface area contributed by atoms with Crippen molar-refractivity contribution in [2.24, 2.45) is 0 Å². The van der Waals surface area contributed by atoms with E-state index in [1.165, 1.54) is 4.90 Å². The smallest absolute Gasteiger partial charge is 0.416 e. The van der Waals surface area contributed by atoms with Crippen LogP contribution in [0.5, 0.6) is 0 Å². The van der Waals surface area contributed by atoms with Crippen molar-refractivity contribution < 1.29 is 32.7 Å². The van der Waals surface area contributed by atoms with Crippen LogP contribution < -0.4 is 9.80 Å². The predicted octanol–water partition coefficient (Wildman–Crippen LogP) is 4.32. The van der Waals surface area contributed by atoms with Gasteiger partial charge < -0.3 is 28.4 Å². The Morgan fingerprint density at radius 1 is 1.06 bits per heavy atom. The van der Waals surface area contributed by atoms with Crippen molar-refractivity contribution in [1.82, 2.24) is 5.16 Å². The van der Waals surface area contributed by atoms with E-state index in [1.807, 2.05) is 49.1 Å². The average Bonchev–Trinajstić information content (AvgIpc) is 3.59. The highest BCUT2D eigenvalue weighted by molar-refractivity contribution is 6.01. The van der Waals surface area contributed by atoms with Gasteiger partial charge in [-0.1, -0.05) is 35.5 Å². The van der Waals surface area contributed by atoms with E-state index in [9.17, 15) is 4.79 Å². The monoisotopic (exact) mass is 483 g/mol. The molecule has 0 saturated carbocycles. The lowest BCUT2D eigenvalue weighted by Gasteiger charge is -2.38. The number of amides is 1. The molecule has 1 amide bonds. The van der Waals surface area contributed by atoms with Crippen molar-refractivity contribution in [2.45, 2.75) is 38.4 Å². The van der Waals surface area contributed by atoms with Crippen molar-refractivity contribution in [3.05, 3.63) is 53.3 Å². The van der Waals surface area contributed by atoms with Gasteiger partial charge in [0.2, 0.25) is 5.58 Å². The molecule has 3 aromatic rings. The summed E-state index contributed by atoms with van der Waals surface area (Å²) in [5, 5.41) is 4.49. The van der Waals surface area contributed by atoms with Gasteiger partial charge in [0.25, 0.3) is 0 Å². The first kappa shape index (κ1) is 22.3. The highest BCUT2D eigenvalue weighted by Gasteiger charge is 2.40. The fraction of sp³-hybridized carbons (Fsp3) is 0.440. The first-order valence-electron chi connectivity index (χ1n) is 11.8. The Balaban J connectivity index is 1.49. The van der Waals surface area contributed by atoms with E-state index in [-0.39, 0.29) is 30.2 Å². The standard InChI is InChI=1S/C25H26FN3O6/c1-14-11-28(12-15(2)34-14)21-17(24-31-8-9-32-24)10-18-22(20(21)26)35-27-23(18)29-19(13-33-25(29)30)16-6-4-3-5-7-16/h3-7,10,14-15,19,24H,8-9,11-13H2,1-2H3. The van der Waals surface area contributed by atoms with Gasteiger partial charge in [0, 0.05) is 18.7 Å². The molecule has 6 rings (SSSR count). The van der Waals surface area contributed by atoms with E-state index in [0.717, 1.165) is 5.56 Å². The largest absolute Gasteiger partial charge is 0.447 e. The number of carbonyl (C=O) groups excluding carboxylic acids is 1. The van der Waals surface area contributed by atoms with Crippen molar-refractivity contribution in [1.29, 1.82) is 0 Å². The minimum Gasteiger partial charge on any atom is -0.447 e. The van der Waals surface area contributed by atoms with Crippen molar-refractivity contribution >= 4 is 28.6 Å². The van der Waals surface area contributed by atoms with Crippen molar-refractivity contribution in [3.8, 4) is 0 Å². The Bertz CT molecular complexity index is 1230. The number of rotatable bonds is 4. The number of ether oxygens (including phenoxy) is 4. The summed E-state index contributed by atoms with van der Waals surface area (Å²) >= 11 is 0. The molecule has 3 fully saturated rings. The highest BCUT2D eigenvalue weighted by Crippen LogP contribution is 2.44. The van der Waals surface area contributed by atoms with E-state index >= 15 is 4.39 Å². The lowest BCUT2D eigenvalue weighted by atomic mass is 10.0. The molecule has 4 heterocycles. The zero-order valence-electron chi connectivity index (χ0n) is 19.5. The molecular formula is C25H26FN3O6. The first-order chi connectivity index (χ1) is 17.0. The molecule has 0 spiro atoms. The zero-order valence-corrected chi connectivity index (χ0v) is 19.5. The Hall–Kier alpha value is -3.21. The second-order valence-electron chi connectivity index (χ2n) is 9.12. The van der Waals surface area contributed by atoms with Gasteiger partial charge in [-0.25, -0.2) is 14.1 Å². The van der Waals surface area contributed by atoms with E-state index in [0.29, 0.717) is 42.9 Å². The number of halogens is 1. The maximum absolute atomic E-state index is 16.2. The van der Waals surface area contributed by atoms with Crippen LogP contribution in [-0.2, 0) is 18.9 Å². The maximum Gasteiger partial charge on any atom is 0.416 e. The molecule has 184 valence electrons. The van der Waals surface area contributed by atoms with E-state index in [1.54, 1.807) is 6.07 Å². The molecule has 0 aliphatic carbocycles. The average molecular weight is 483 g/mol. The number of benzene rings is 2. The molecule has 1 aromatic heterocycles. The van der Waals surface area contributed by atoms with Gasteiger partial charge in [0.15, 0.2) is 17.9 Å². The number of morpholine rings is 1. The van der Waals surface area contributed by atoms with E-state index in [2.05, 4.69) is 5.16 Å². The Labute approximate surface area is 201 Å². The number of nitrogens with zero attached hydrogens (tertiary/aromatic N) is 3. The first-order valence-corrected chi connectivity index (χ1v) is 11.8. The molecule has 9 nitrogen and oxygen atoms in total. The molecule has 0 radical (unpaired) electrons. The molecule has 3 atom stereocenters. The Kier molecular flexibility index (Phi) is 5.58. The summed E-state index contributed by atoms with van der Waals surface area (Å²) in [5.74, 6) is -0.370. The summed E-state index contributed by atoms with van der Waals surface area (Å²) in [6.45, 7) is 5.88. The van der Waals surface area contributed by atoms with Gasteiger partial charge in [-0.05, 0) is 25.5 Å². The van der Waals surface area contributed by atoms with Gasteiger partial charge in [-0.3, -0.25) is 0 Å². The van der Waals surface area contributed by atoms with Crippen LogP contribution in [0.15, 0.2) is 40.9 Å². The Morgan fingerprint density at radius 3 is 2.49 bits per heavy atom. The minimum atomic E-state index is -0.740. The normalized spacial score (nSPS) is 25.6. The quantitative estimate of drug-likeness (QED) is 0.542. The fourth-order valence-corrected chi connectivity index (χ4v) is 5.18. The van der Waals surface area contributed by atoms with Crippen molar-refractivity contribution in [3.63, 3.8) is 0 Å². The van der Waals surface area contributed by atoms with E-state index in [4.69, 9.17) is 23.5 Å². The molecule has 35 heavy (non-hydrogen) atoms. The number of hydrogen-bond acceptors (Lipinski definition) is 8. The minimum absolute atomic E-state index is 0.0324. The highest BCUT2D eigenvalue weighted by atomic mass is 19.1. The van der Waals surface area contributed by atoms with Crippen LogP contribution in [0.4, 0.5) is 20.7 Å². The molecule has 0 bridgehead atoms. The molecular weight excluding hydrogens is 457 g/mol. The third kappa shape index (κ3) is 3.81. The van der Waals surface area contributed by atoms with Gasteiger partial charge in [-0.15, -0.1) is 0 Å². The SMILES string of the molecule is CC1CN(c2c(C3OCCO3)cc3c(N4C(=O)OCC4c4ccccc4)noc3c2F)CC(C)O1. The molecule has 0 N–H and O–H groups in total. The lowest BCUT2D eigenvalue weighted by molar-refractivity contribution is -0.0445. The van der Waals surface area contributed by atoms with Crippen LogP contribution in [0.2, 0.25) is 0 Å². The number of carbonyl (C=O) groups is 1. The predicted molar refractivity (Wildman–Crippen MR) is 124 cm³/mol. The number of aromatic nitrogens is 1. The Morgan fingerprint density at radius 2 is 1.77 bits per heavy atom. The second kappa shape index (κ2) is 8.78. The number of anilines is 2. The van der Waals surface area contributed by atoms with Gasteiger partial charge in [-0.2, -0.15) is 0 Å². The van der Waals surface area contributed by atoms with Crippen LogP contribution in [0, 0.1) is 5.82 Å². The molecule has 3 aliphatic rings. The molecule has 3 unspecified atom stereocenters. The van der Waals surface area contributed by atoms with Gasteiger partial charge >= 0.3 is 6.09 Å². The van der Waals surface area contributed by atoms with Crippen LogP contribution in [0.1, 0.15) is 37.3 Å². The van der Waals surface area contributed by atoms with Crippen LogP contribution in [0.3, 0.4) is 0 Å². The van der Waals surface area contributed by atoms with Crippen LogP contribution in [0.25, 0.3) is 11.0 Å².